The van der Waals surface area contributed by atoms with Crippen molar-refractivity contribution in [3.63, 3.8) is 0 Å². The largest absolute Gasteiger partial charge is 0.325 e. The van der Waals surface area contributed by atoms with Crippen molar-refractivity contribution in [2.75, 3.05) is 21.1 Å². The molecule has 0 aliphatic rings. The van der Waals surface area contributed by atoms with E-state index in [2.05, 4.69) is 58.4 Å². The molecule has 1 nitrogen and oxygen atoms in total. The van der Waals surface area contributed by atoms with Gasteiger partial charge in [0, 0.05) is 12.0 Å². The van der Waals surface area contributed by atoms with Crippen LogP contribution in [0.5, 0.6) is 0 Å². The van der Waals surface area contributed by atoms with Crippen LogP contribution in [-0.4, -0.2) is 25.6 Å². The first-order valence-electron chi connectivity index (χ1n) is 9.91. The number of quaternary nitrogens is 1. The van der Waals surface area contributed by atoms with Gasteiger partial charge in [0.2, 0.25) is 0 Å². The van der Waals surface area contributed by atoms with Crippen molar-refractivity contribution in [1.29, 1.82) is 0 Å². The summed E-state index contributed by atoms with van der Waals surface area (Å²) in [5, 5.41) is 0. The highest BCUT2D eigenvalue weighted by molar-refractivity contribution is 5.17. The summed E-state index contributed by atoms with van der Waals surface area (Å²) in [6, 6.07) is 11.7. The number of hydrogen-bond acceptors (Lipinski definition) is 0. The Morgan fingerprint density at radius 2 is 1.17 bits per heavy atom. The Morgan fingerprint density at radius 3 is 1.65 bits per heavy atom. The molecule has 0 aliphatic heterocycles. The van der Waals surface area contributed by atoms with Gasteiger partial charge in [0.05, 0.1) is 21.1 Å². The Balaban J connectivity index is 2.17. The lowest BCUT2D eigenvalue weighted by Crippen LogP contribution is -2.38. The van der Waals surface area contributed by atoms with Crippen LogP contribution in [0, 0.1) is 0 Å². The summed E-state index contributed by atoms with van der Waals surface area (Å²) >= 11 is 0. The number of nitrogens with zero attached hydrogens (tertiary/aromatic N) is 1. The molecule has 0 fully saturated rings. The molecule has 0 N–H and O–H groups in total. The number of rotatable bonds is 13. The van der Waals surface area contributed by atoms with Crippen LogP contribution >= 0.6 is 0 Å². The van der Waals surface area contributed by atoms with Crippen molar-refractivity contribution >= 4 is 0 Å². The van der Waals surface area contributed by atoms with Crippen molar-refractivity contribution in [2.24, 2.45) is 0 Å². The molecule has 0 radical (unpaired) electrons. The minimum atomic E-state index is 0.630. The molecule has 0 aromatic heterocycles. The average Bonchev–Trinajstić information content (AvgIpc) is 2.52. The fraction of sp³-hybridized carbons (Fsp3) is 0.727. The lowest BCUT2D eigenvalue weighted by Gasteiger charge is -2.34. The molecule has 1 aromatic rings. The highest BCUT2D eigenvalue weighted by Gasteiger charge is 2.24. The van der Waals surface area contributed by atoms with Crippen molar-refractivity contribution < 1.29 is 4.48 Å². The van der Waals surface area contributed by atoms with Crippen LogP contribution in [0.25, 0.3) is 0 Å². The summed E-state index contributed by atoms with van der Waals surface area (Å²) in [4.78, 5) is 0. The summed E-state index contributed by atoms with van der Waals surface area (Å²) in [6.45, 7) is 2.29. The van der Waals surface area contributed by atoms with Crippen LogP contribution in [0.15, 0.2) is 30.3 Å². The molecule has 0 amide bonds. The molecule has 1 heteroatoms. The van der Waals surface area contributed by atoms with Gasteiger partial charge in [-0.05, 0) is 6.42 Å². The van der Waals surface area contributed by atoms with Gasteiger partial charge in [-0.1, -0.05) is 95.0 Å². The molecule has 0 heterocycles. The van der Waals surface area contributed by atoms with Crippen LogP contribution in [0.2, 0.25) is 0 Å². The second-order valence-electron chi connectivity index (χ2n) is 8.01. The Morgan fingerprint density at radius 1 is 0.696 bits per heavy atom. The van der Waals surface area contributed by atoms with Crippen LogP contribution in [0.4, 0.5) is 0 Å². The zero-order chi connectivity index (χ0) is 17.0. The van der Waals surface area contributed by atoms with Gasteiger partial charge in [-0.3, -0.25) is 0 Å². The van der Waals surface area contributed by atoms with Gasteiger partial charge < -0.3 is 4.48 Å². The van der Waals surface area contributed by atoms with E-state index in [0.717, 1.165) is 4.48 Å². The maximum absolute atomic E-state index is 2.33. The van der Waals surface area contributed by atoms with Gasteiger partial charge in [-0.15, -0.1) is 0 Å². The van der Waals surface area contributed by atoms with Crippen LogP contribution in [0.1, 0.15) is 89.2 Å². The Hall–Kier alpha value is -0.820. The Kier molecular flexibility index (Phi) is 10.3. The smallest absolute Gasteiger partial charge is 0.114 e. The SMILES string of the molecule is CCCCCCCCCCCCC(c1ccccc1)[N+](C)(C)C. The zero-order valence-electron chi connectivity index (χ0n) is 16.2. The molecule has 1 rings (SSSR count). The van der Waals surface area contributed by atoms with E-state index in [1.165, 1.54) is 76.2 Å². The van der Waals surface area contributed by atoms with Gasteiger partial charge in [0.25, 0.3) is 0 Å². The monoisotopic (exact) mass is 318 g/mol. The molecule has 0 spiro atoms. The van der Waals surface area contributed by atoms with Crippen molar-refractivity contribution in [2.45, 2.75) is 83.6 Å². The minimum Gasteiger partial charge on any atom is -0.325 e. The number of benzene rings is 1. The summed E-state index contributed by atoms with van der Waals surface area (Å²) in [5.74, 6) is 0. The quantitative estimate of drug-likeness (QED) is 0.279. The molecule has 132 valence electrons. The fourth-order valence-corrected chi connectivity index (χ4v) is 3.50. The molecule has 0 saturated heterocycles. The van der Waals surface area contributed by atoms with E-state index in [4.69, 9.17) is 0 Å². The zero-order valence-corrected chi connectivity index (χ0v) is 16.2. The molecular formula is C22H40N+. The van der Waals surface area contributed by atoms with Crippen LogP contribution in [-0.2, 0) is 0 Å². The maximum atomic E-state index is 2.33. The van der Waals surface area contributed by atoms with Crippen molar-refractivity contribution in [1.82, 2.24) is 0 Å². The maximum Gasteiger partial charge on any atom is 0.114 e. The average molecular weight is 319 g/mol. The van der Waals surface area contributed by atoms with Crippen molar-refractivity contribution in [3.8, 4) is 0 Å². The van der Waals surface area contributed by atoms with Gasteiger partial charge in [0.1, 0.15) is 6.04 Å². The summed E-state index contributed by atoms with van der Waals surface area (Å²) in [7, 11) is 6.98. The van der Waals surface area contributed by atoms with Crippen LogP contribution in [0.3, 0.4) is 0 Å². The fourth-order valence-electron chi connectivity index (χ4n) is 3.50. The van der Waals surface area contributed by atoms with E-state index < -0.39 is 0 Å². The highest BCUT2D eigenvalue weighted by Crippen LogP contribution is 2.29. The van der Waals surface area contributed by atoms with E-state index in [9.17, 15) is 0 Å². The molecule has 1 unspecified atom stereocenters. The molecule has 0 aliphatic carbocycles. The highest BCUT2D eigenvalue weighted by atomic mass is 15.3. The number of hydrogen-bond donors (Lipinski definition) is 0. The summed E-state index contributed by atoms with van der Waals surface area (Å²) in [5.41, 5.74) is 1.50. The Bertz CT molecular complexity index is 377. The minimum absolute atomic E-state index is 0.630. The topological polar surface area (TPSA) is 0 Å². The Labute approximate surface area is 145 Å². The normalized spacial score (nSPS) is 13.2. The number of unbranched alkanes of at least 4 members (excludes halogenated alkanes) is 9. The van der Waals surface area contributed by atoms with Gasteiger partial charge in [0.15, 0.2) is 0 Å². The molecule has 1 atom stereocenters. The second-order valence-corrected chi connectivity index (χ2v) is 8.01. The molecule has 23 heavy (non-hydrogen) atoms. The van der Waals surface area contributed by atoms with Gasteiger partial charge in [-0.2, -0.15) is 0 Å². The standard InChI is InChI=1S/C22H40N/c1-5-6-7-8-9-10-11-12-13-17-20-22(23(2,3)4)21-18-15-14-16-19-21/h14-16,18-19,22H,5-13,17,20H2,1-4H3/q+1. The third-order valence-electron chi connectivity index (χ3n) is 4.95. The third-order valence-corrected chi connectivity index (χ3v) is 4.95. The lowest BCUT2D eigenvalue weighted by atomic mass is 9.97. The van der Waals surface area contributed by atoms with E-state index in [0.29, 0.717) is 6.04 Å². The predicted octanol–water partition coefficient (Wildman–Crippen LogP) is 6.74. The van der Waals surface area contributed by atoms with E-state index in [1.54, 1.807) is 0 Å². The first kappa shape index (κ1) is 20.2. The lowest BCUT2D eigenvalue weighted by molar-refractivity contribution is -0.902. The van der Waals surface area contributed by atoms with Crippen molar-refractivity contribution in [3.05, 3.63) is 35.9 Å². The van der Waals surface area contributed by atoms with E-state index in [1.807, 2.05) is 0 Å². The third kappa shape index (κ3) is 9.15. The first-order chi connectivity index (χ1) is 11.1. The summed E-state index contributed by atoms with van der Waals surface area (Å²) in [6.07, 6.45) is 15.5. The molecular weight excluding hydrogens is 278 g/mol. The predicted molar refractivity (Wildman–Crippen MR) is 104 cm³/mol. The van der Waals surface area contributed by atoms with Gasteiger partial charge in [-0.25, -0.2) is 0 Å². The van der Waals surface area contributed by atoms with E-state index >= 15 is 0 Å². The first-order valence-corrected chi connectivity index (χ1v) is 9.91. The van der Waals surface area contributed by atoms with E-state index in [-0.39, 0.29) is 0 Å². The second kappa shape index (κ2) is 11.7. The summed E-state index contributed by atoms with van der Waals surface area (Å²) < 4.78 is 1.03. The van der Waals surface area contributed by atoms with Crippen LogP contribution < -0.4 is 0 Å². The van der Waals surface area contributed by atoms with Gasteiger partial charge >= 0.3 is 0 Å². The molecule has 0 saturated carbocycles. The molecule has 0 bridgehead atoms. The molecule has 1 aromatic carbocycles.